The number of ketones is 1. The largest absolute Gasteiger partial charge is 0.507 e. The van der Waals surface area contributed by atoms with Gasteiger partial charge in [-0.1, -0.05) is 29.5 Å². The van der Waals surface area contributed by atoms with Gasteiger partial charge in [-0.3, -0.25) is 24.6 Å². The number of amides is 1. The van der Waals surface area contributed by atoms with Crippen LogP contribution in [0.5, 0.6) is 0 Å². The number of nitro groups is 1. The number of non-ortho nitro benzene ring substituents is 1. The van der Waals surface area contributed by atoms with E-state index in [9.17, 15) is 29.2 Å². The normalized spacial score (nSPS) is 17.3. The fourth-order valence-electron chi connectivity index (χ4n) is 4.04. The summed E-state index contributed by atoms with van der Waals surface area (Å²) in [6.45, 7) is 1.91. The lowest BCUT2D eigenvalue weighted by Gasteiger charge is -2.22. The highest BCUT2D eigenvalue weighted by atomic mass is 32.1. The molecule has 35 heavy (non-hydrogen) atoms. The van der Waals surface area contributed by atoms with Crippen molar-refractivity contribution in [1.29, 1.82) is 0 Å². The molecular weight excluding hydrogens is 473 g/mol. The number of nitrogens with zero attached hydrogens (tertiary/aromatic N) is 3. The van der Waals surface area contributed by atoms with Crippen LogP contribution < -0.4 is 4.90 Å². The lowest BCUT2D eigenvalue weighted by molar-refractivity contribution is -0.384. The Labute approximate surface area is 201 Å². The molecule has 3 aromatic carbocycles. The first-order valence-corrected chi connectivity index (χ1v) is 11.2. The van der Waals surface area contributed by atoms with Crippen molar-refractivity contribution in [2.45, 2.75) is 13.0 Å². The number of aliphatic hydroxyl groups is 1. The molecule has 1 saturated heterocycles. The average molecular weight is 489 g/mol. The number of aromatic nitrogens is 1. The van der Waals surface area contributed by atoms with Crippen LogP contribution >= 0.6 is 11.3 Å². The Bertz CT molecular complexity index is 1560. The summed E-state index contributed by atoms with van der Waals surface area (Å²) in [5.74, 6) is -2.96. The molecule has 0 aliphatic carbocycles. The van der Waals surface area contributed by atoms with Crippen LogP contribution in [0, 0.1) is 22.9 Å². The van der Waals surface area contributed by atoms with Crippen LogP contribution in [-0.4, -0.2) is 26.7 Å². The van der Waals surface area contributed by atoms with Crippen molar-refractivity contribution in [3.63, 3.8) is 0 Å². The van der Waals surface area contributed by atoms with Crippen LogP contribution in [0.15, 0.2) is 72.3 Å². The number of rotatable bonds is 4. The van der Waals surface area contributed by atoms with Crippen molar-refractivity contribution in [3.05, 3.63) is 105 Å². The standard InChI is InChI=1S/C25H16FN3O5S/c1-13-5-10-18-19(11-13)35-25(27-18)28-21(15-3-2-4-17(12-15)29(33)34)20(23(31)24(28)32)22(30)14-6-8-16(26)9-7-14/h2-12,21,30H,1H3. The van der Waals surface area contributed by atoms with Crippen LogP contribution in [-0.2, 0) is 9.59 Å². The molecule has 0 saturated carbocycles. The number of Topliss-reactive ketones (excluding diaryl/α,β-unsaturated/α-hetero) is 1. The summed E-state index contributed by atoms with van der Waals surface area (Å²) < 4.78 is 14.2. The fraction of sp³-hybridized carbons (Fsp3) is 0.0800. The van der Waals surface area contributed by atoms with E-state index in [4.69, 9.17) is 0 Å². The van der Waals surface area contributed by atoms with Crippen molar-refractivity contribution in [1.82, 2.24) is 4.98 Å². The number of aryl methyl sites for hydroxylation is 1. The van der Waals surface area contributed by atoms with Gasteiger partial charge in [0.05, 0.1) is 26.8 Å². The molecule has 1 unspecified atom stereocenters. The molecule has 1 aliphatic rings. The molecule has 0 spiro atoms. The smallest absolute Gasteiger partial charge is 0.301 e. The maximum Gasteiger partial charge on any atom is 0.301 e. The molecule has 0 radical (unpaired) electrons. The zero-order valence-corrected chi connectivity index (χ0v) is 19.0. The number of fused-ring (bicyclic) bond motifs is 1. The summed E-state index contributed by atoms with van der Waals surface area (Å²) >= 11 is 1.19. The number of thiazole rings is 1. The van der Waals surface area contributed by atoms with Gasteiger partial charge < -0.3 is 5.11 Å². The zero-order chi connectivity index (χ0) is 24.9. The van der Waals surface area contributed by atoms with Gasteiger partial charge in [0.1, 0.15) is 11.6 Å². The SMILES string of the molecule is Cc1ccc2nc(N3C(=O)C(=O)C(=C(O)c4ccc(F)cc4)C3c3cccc([N+](=O)[O-])c3)sc2c1. The number of halogens is 1. The second kappa shape index (κ2) is 8.41. The van der Waals surface area contributed by atoms with E-state index in [1.54, 1.807) is 6.07 Å². The second-order valence-corrected chi connectivity index (χ2v) is 9.00. The first-order valence-electron chi connectivity index (χ1n) is 10.4. The van der Waals surface area contributed by atoms with E-state index in [1.165, 1.54) is 47.7 Å². The van der Waals surface area contributed by atoms with E-state index in [2.05, 4.69) is 4.98 Å². The highest BCUT2D eigenvalue weighted by Gasteiger charge is 2.48. The minimum Gasteiger partial charge on any atom is -0.507 e. The summed E-state index contributed by atoms with van der Waals surface area (Å²) in [6.07, 6.45) is 0. The average Bonchev–Trinajstić information content (AvgIpc) is 3.37. The Morgan fingerprint density at radius 2 is 1.86 bits per heavy atom. The maximum atomic E-state index is 13.4. The third kappa shape index (κ3) is 3.83. The van der Waals surface area contributed by atoms with Gasteiger partial charge in [0.25, 0.3) is 11.5 Å². The van der Waals surface area contributed by atoms with Gasteiger partial charge in [-0.25, -0.2) is 9.37 Å². The van der Waals surface area contributed by atoms with Crippen LogP contribution in [0.4, 0.5) is 15.2 Å². The van der Waals surface area contributed by atoms with Crippen molar-refractivity contribution in [2.75, 3.05) is 4.90 Å². The molecule has 4 aromatic rings. The van der Waals surface area contributed by atoms with E-state index < -0.39 is 34.2 Å². The van der Waals surface area contributed by atoms with Crippen LogP contribution in [0.25, 0.3) is 16.0 Å². The number of carbonyl (C=O) groups excluding carboxylic acids is 2. The maximum absolute atomic E-state index is 13.4. The molecule has 10 heteroatoms. The Morgan fingerprint density at radius 1 is 1.11 bits per heavy atom. The highest BCUT2D eigenvalue weighted by Crippen LogP contribution is 2.44. The number of hydrogen-bond donors (Lipinski definition) is 1. The lowest BCUT2D eigenvalue weighted by atomic mass is 9.95. The lowest BCUT2D eigenvalue weighted by Crippen LogP contribution is -2.29. The Kier molecular flexibility index (Phi) is 5.37. The van der Waals surface area contributed by atoms with Gasteiger partial charge in [-0.15, -0.1) is 0 Å². The van der Waals surface area contributed by atoms with E-state index in [1.807, 2.05) is 19.1 Å². The molecule has 1 amide bonds. The molecule has 1 N–H and O–H groups in total. The number of anilines is 1. The van der Waals surface area contributed by atoms with Crippen LogP contribution in [0.3, 0.4) is 0 Å². The number of aliphatic hydroxyl groups excluding tert-OH is 1. The van der Waals surface area contributed by atoms with Crippen molar-refractivity contribution < 1.29 is 24.0 Å². The minimum absolute atomic E-state index is 0.125. The summed E-state index contributed by atoms with van der Waals surface area (Å²) in [7, 11) is 0. The molecule has 1 atom stereocenters. The third-order valence-corrected chi connectivity index (χ3v) is 6.72. The van der Waals surface area contributed by atoms with Gasteiger partial charge in [-0.05, 0) is 54.4 Å². The van der Waals surface area contributed by atoms with Gasteiger partial charge >= 0.3 is 5.91 Å². The van der Waals surface area contributed by atoms with Gasteiger partial charge in [0.15, 0.2) is 5.13 Å². The van der Waals surface area contributed by atoms with E-state index >= 15 is 0 Å². The molecular formula is C25H16FN3O5S. The predicted molar refractivity (Wildman–Crippen MR) is 129 cm³/mol. The Hall–Kier alpha value is -4.44. The predicted octanol–water partition coefficient (Wildman–Crippen LogP) is 5.28. The highest BCUT2D eigenvalue weighted by molar-refractivity contribution is 7.22. The van der Waals surface area contributed by atoms with E-state index in [0.29, 0.717) is 5.52 Å². The first kappa shape index (κ1) is 22.4. The van der Waals surface area contributed by atoms with E-state index in [0.717, 1.165) is 27.3 Å². The van der Waals surface area contributed by atoms with Crippen molar-refractivity contribution in [3.8, 4) is 0 Å². The number of hydrogen-bond acceptors (Lipinski definition) is 7. The quantitative estimate of drug-likeness (QED) is 0.137. The number of nitro benzene ring substituents is 1. The fourth-order valence-corrected chi connectivity index (χ4v) is 5.13. The van der Waals surface area contributed by atoms with Gasteiger partial charge in [-0.2, -0.15) is 0 Å². The molecule has 5 rings (SSSR count). The van der Waals surface area contributed by atoms with Crippen molar-refractivity contribution in [2.24, 2.45) is 0 Å². The second-order valence-electron chi connectivity index (χ2n) is 8.00. The zero-order valence-electron chi connectivity index (χ0n) is 18.1. The molecule has 1 aliphatic heterocycles. The van der Waals surface area contributed by atoms with Crippen LogP contribution in [0.1, 0.15) is 22.7 Å². The topological polar surface area (TPSA) is 114 Å². The van der Waals surface area contributed by atoms with E-state index in [-0.39, 0.29) is 27.5 Å². The molecule has 1 fully saturated rings. The minimum atomic E-state index is -1.18. The summed E-state index contributed by atoms with van der Waals surface area (Å²) in [5.41, 5.74) is 1.47. The molecule has 0 bridgehead atoms. The molecule has 174 valence electrons. The summed E-state index contributed by atoms with van der Waals surface area (Å²) in [4.78, 5) is 43.0. The molecule has 1 aromatic heterocycles. The molecule has 2 heterocycles. The number of carbonyl (C=O) groups is 2. The summed E-state index contributed by atoms with van der Waals surface area (Å²) in [5, 5.41) is 22.7. The Balaban J connectivity index is 1.75. The van der Waals surface area contributed by atoms with Crippen LogP contribution in [0.2, 0.25) is 0 Å². The Morgan fingerprint density at radius 3 is 2.57 bits per heavy atom. The first-order chi connectivity index (χ1) is 16.7. The molecule has 8 nitrogen and oxygen atoms in total. The number of benzene rings is 3. The van der Waals surface area contributed by atoms with Gasteiger partial charge in [0.2, 0.25) is 0 Å². The monoisotopic (exact) mass is 489 g/mol. The third-order valence-electron chi connectivity index (χ3n) is 5.70. The van der Waals surface area contributed by atoms with Crippen molar-refractivity contribution >= 4 is 49.8 Å². The summed E-state index contributed by atoms with van der Waals surface area (Å²) in [6, 6.07) is 14.7. The van der Waals surface area contributed by atoms with Gasteiger partial charge in [0, 0.05) is 17.7 Å².